The molecule has 1 aliphatic rings. The summed E-state index contributed by atoms with van der Waals surface area (Å²) in [5, 5.41) is 16.2. The molecule has 34 heavy (non-hydrogen) atoms. The zero-order valence-electron chi connectivity index (χ0n) is 18.3. The van der Waals surface area contributed by atoms with Crippen LogP contribution in [0.15, 0.2) is 78.7 Å². The first kappa shape index (κ1) is 23.3. The van der Waals surface area contributed by atoms with Crippen LogP contribution in [0, 0.1) is 0 Å². The van der Waals surface area contributed by atoms with Crippen molar-refractivity contribution in [3.05, 3.63) is 94.7 Å². The summed E-state index contributed by atoms with van der Waals surface area (Å²) in [6.45, 7) is 3.63. The van der Waals surface area contributed by atoms with Gasteiger partial charge >= 0.3 is 12.1 Å². The second-order valence-corrected chi connectivity index (χ2v) is 8.82. The number of nitrogens with one attached hydrogen (secondary N) is 2. The van der Waals surface area contributed by atoms with Gasteiger partial charge in [-0.1, -0.05) is 60.7 Å². The van der Waals surface area contributed by atoms with Crippen molar-refractivity contribution in [2.45, 2.75) is 24.4 Å². The number of alkyl carbamates (subject to hydrolysis) is 1. The summed E-state index contributed by atoms with van der Waals surface area (Å²) in [4.78, 5) is 37.6. The van der Waals surface area contributed by atoms with Crippen molar-refractivity contribution in [1.82, 2.24) is 10.6 Å². The zero-order chi connectivity index (χ0) is 24.1. The molecule has 0 spiro atoms. The molecule has 7 nitrogen and oxygen atoms in total. The van der Waals surface area contributed by atoms with Crippen LogP contribution in [0.5, 0.6) is 0 Å². The Hall–Kier alpha value is -3.91. The van der Waals surface area contributed by atoms with Crippen molar-refractivity contribution >= 4 is 29.3 Å². The van der Waals surface area contributed by atoms with Crippen LogP contribution in [-0.2, 0) is 14.3 Å². The number of fused-ring (bicyclic) bond motifs is 3. The van der Waals surface area contributed by atoms with E-state index in [2.05, 4.69) is 17.2 Å². The van der Waals surface area contributed by atoms with Gasteiger partial charge in [-0.05, 0) is 40.1 Å². The first-order valence-corrected chi connectivity index (χ1v) is 11.7. The number of ether oxygens (including phenoxy) is 1. The monoisotopic (exact) mass is 476 g/mol. The summed E-state index contributed by atoms with van der Waals surface area (Å²) in [7, 11) is 0. The van der Waals surface area contributed by atoms with Crippen LogP contribution >= 0.6 is 11.3 Å². The number of hydrogen-bond donors (Lipinski definition) is 3. The lowest BCUT2D eigenvalue weighted by Crippen LogP contribution is -2.47. The molecule has 0 aliphatic heterocycles. The molecule has 3 aromatic rings. The molecule has 0 fully saturated rings. The molecule has 2 atom stereocenters. The normalized spacial score (nSPS) is 13.8. The number of carboxylic acids is 1. The Kier molecular flexibility index (Phi) is 7.08. The maximum atomic E-state index is 12.9. The van der Waals surface area contributed by atoms with Gasteiger partial charge in [-0.2, -0.15) is 0 Å². The van der Waals surface area contributed by atoms with Gasteiger partial charge in [0.1, 0.15) is 18.7 Å². The van der Waals surface area contributed by atoms with Gasteiger partial charge in [-0.3, -0.25) is 4.79 Å². The fourth-order valence-corrected chi connectivity index (χ4v) is 4.90. The number of rotatable bonds is 9. The average Bonchev–Trinajstić information content (AvgIpc) is 3.47. The summed E-state index contributed by atoms with van der Waals surface area (Å²) in [5.74, 6) is -1.93. The van der Waals surface area contributed by atoms with Gasteiger partial charge in [-0.25, -0.2) is 9.59 Å². The van der Waals surface area contributed by atoms with Crippen LogP contribution in [-0.4, -0.2) is 35.7 Å². The molecule has 1 aromatic heterocycles. The maximum absolute atomic E-state index is 12.9. The highest BCUT2D eigenvalue weighted by atomic mass is 32.1. The van der Waals surface area contributed by atoms with E-state index in [-0.39, 0.29) is 18.9 Å². The van der Waals surface area contributed by atoms with Crippen LogP contribution < -0.4 is 10.6 Å². The largest absolute Gasteiger partial charge is 0.480 e. The van der Waals surface area contributed by atoms with E-state index < -0.39 is 30.1 Å². The first-order chi connectivity index (χ1) is 16.5. The Morgan fingerprint density at radius 2 is 1.65 bits per heavy atom. The molecule has 174 valence electrons. The highest BCUT2D eigenvalue weighted by molar-refractivity contribution is 7.10. The highest BCUT2D eigenvalue weighted by Gasteiger charge is 2.31. The first-order valence-electron chi connectivity index (χ1n) is 10.8. The van der Waals surface area contributed by atoms with Crippen LogP contribution in [0.1, 0.15) is 34.4 Å². The van der Waals surface area contributed by atoms with Crippen LogP contribution in [0.4, 0.5) is 4.79 Å². The van der Waals surface area contributed by atoms with Gasteiger partial charge in [0.15, 0.2) is 0 Å². The summed E-state index contributed by atoms with van der Waals surface area (Å²) in [5.41, 5.74) is 4.39. The highest BCUT2D eigenvalue weighted by Crippen LogP contribution is 2.44. The summed E-state index contributed by atoms with van der Waals surface area (Å²) >= 11 is 1.28. The Bertz CT molecular complexity index is 1160. The van der Waals surface area contributed by atoms with E-state index in [1.54, 1.807) is 17.5 Å². The van der Waals surface area contributed by atoms with Crippen molar-refractivity contribution in [1.29, 1.82) is 0 Å². The summed E-state index contributed by atoms with van der Waals surface area (Å²) in [6.07, 6.45) is 0.715. The third-order valence-electron chi connectivity index (χ3n) is 5.71. The molecule has 2 unspecified atom stereocenters. The van der Waals surface area contributed by atoms with Crippen molar-refractivity contribution in [2.24, 2.45) is 0 Å². The van der Waals surface area contributed by atoms with Gasteiger partial charge in [0.25, 0.3) is 0 Å². The topological polar surface area (TPSA) is 105 Å². The van der Waals surface area contributed by atoms with E-state index in [0.29, 0.717) is 4.88 Å². The lowest BCUT2D eigenvalue weighted by Gasteiger charge is -2.21. The van der Waals surface area contributed by atoms with Crippen molar-refractivity contribution < 1.29 is 24.2 Å². The van der Waals surface area contributed by atoms with E-state index in [0.717, 1.165) is 22.3 Å². The van der Waals surface area contributed by atoms with Crippen molar-refractivity contribution in [3.63, 3.8) is 0 Å². The Balaban J connectivity index is 1.46. The second kappa shape index (κ2) is 10.4. The minimum absolute atomic E-state index is 0.0587. The molecule has 0 saturated heterocycles. The predicted molar refractivity (Wildman–Crippen MR) is 130 cm³/mol. The van der Waals surface area contributed by atoms with E-state index in [1.165, 1.54) is 17.4 Å². The van der Waals surface area contributed by atoms with E-state index in [4.69, 9.17) is 4.74 Å². The number of amides is 2. The SMILES string of the molecule is C=CCC(NC(=O)C(NC(=O)OCC1c2ccccc2-c2ccccc21)c1cccs1)C(=O)O. The predicted octanol–water partition coefficient (Wildman–Crippen LogP) is 4.47. The average molecular weight is 477 g/mol. The van der Waals surface area contributed by atoms with Gasteiger partial charge in [0.05, 0.1) is 0 Å². The van der Waals surface area contributed by atoms with Crippen molar-refractivity contribution in [3.8, 4) is 11.1 Å². The smallest absolute Gasteiger partial charge is 0.408 e. The zero-order valence-corrected chi connectivity index (χ0v) is 19.1. The molecule has 1 aliphatic carbocycles. The standard InChI is InChI=1S/C26H24N2O5S/c1-2-8-21(25(30)31)27-24(29)23(22-13-7-14-34-22)28-26(32)33-15-20-18-11-5-3-9-16(18)17-10-4-6-12-19(17)20/h2-7,9-14,20-21,23H,1,8,15H2,(H,27,29)(H,28,32)(H,30,31). The number of carbonyl (C=O) groups is 3. The van der Waals surface area contributed by atoms with Gasteiger partial charge in [0.2, 0.25) is 5.91 Å². The van der Waals surface area contributed by atoms with Crippen LogP contribution in [0.25, 0.3) is 11.1 Å². The molecule has 0 radical (unpaired) electrons. The molecular weight excluding hydrogens is 452 g/mol. The Morgan fingerprint density at radius 3 is 2.21 bits per heavy atom. The molecule has 2 amide bonds. The molecule has 3 N–H and O–H groups in total. The lowest BCUT2D eigenvalue weighted by molar-refractivity contribution is -0.142. The number of hydrogen-bond acceptors (Lipinski definition) is 5. The minimum atomic E-state index is -1.18. The summed E-state index contributed by atoms with van der Waals surface area (Å²) < 4.78 is 5.56. The number of thiophene rings is 1. The number of carboxylic acid groups (broad SMARTS) is 1. The lowest BCUT2D eigenvalue weighted by atomic mass is 9.98. The molecule has 1 heterocycles. The molecule has 0 saturated carbocycles. The number of carbonyl (C=O) groups excluding carboxylic acids is 2. The molecule has 0 bridgehead atoms. The molecule has 8 heteroatoms. The molecule has 4 rings (SSSR count). The van der Waals surface area contributed by atoms with Gasteiger partial charge in [-0.15, -0.1) is 17.9 Å². The molecule has 2 aromatic carbocycles. The van der Waals surface area contributed by atoms with E-state index in [9.17, 15) is 19.5 Å². The number of benzene rings is 2. The third kappa shape index (κ3) is 4.87. The fourth-order valence-electron chi connectivity index (χ4n) is 4.12. The third-order valence-corrected chi connectivity index (χ3v) is 6.65. The Labute approximate surface area is 201 Å². The van der Waals surface area contributed by atoms with Crippen molar-refractivity contribution in [2.75, 3.05) is 6.61 Å². The van der Waals surface area contributed by atoms with E-state index in [1.807, 2.05) is 48.5 Å². The summed E-state index contributed by atoms with van der Waals surface area (Å²) in [6, 6.07) is 17.2. The fraction of sp³-hybridized carbons (Fsp3) is 0.192. The van der Waals surface area contributed by atoms with Crippen LogP contribution in [0.3, 0.4) is 0 Å². The van der Waals surface area contributed by atoms with Gasteiger partial charge in [0, 0.05) is 10.8 Å². The Morgan fingerprint density at radius 1 is 1.00 bits per heavy atom. The maximum Gasteiger partial charge on any atom is 0.408 e. The van der Waals surface area contributed by atoms with Gasteiger partial charge < -0.3 is 20.5 Å². The van der Waals surface area contributed by atoms with E-state index >= 15 is 0 Å². The second-order valence-electron chi connectivity index (χ2n) is 7.84. The minimum Gasteiger partial charge on any atom is -0.480 e. The molecular formula is C26H24N2O5S. The quantitative estimate of drug-likeness (QED) is 0.395. The number of aliphatic carboxylic acids is 1. The van der Waals surface area contributed by atoms with Crippen LogP contribution in [0.2, 0.25) is 0 Å².